The predicted molar refractivity (Wildman–Crippen MR) is 73.0 cm³/mol. The summed E-state index contributed by atoms with van der Waals surface area (Å²) in [5.41, 5.74) is 1.77. The molecule has 0 fully saturated rings. The molecule has 0 saturated carbocycles. The Hall–Kier alpha value is -2.50. The maximum Gasteiger partial charge on any atom is 0.387 e. The molecule has 3 rings (SSSR count). The van der Waals surface area contributed by atoms with Gasteiger partial charge in [-0.25, -0.2) is 0 Å². The first-order valence-electron chi connectivity index (χ1n) is 6.38. The van der Waals surface area contributed by atoms with Crippen molar-refractivity contribution < 1.29 is 23.0 Å². The third-order valence-electron chi connectivity index (χ3n) is 3.04. The van der Waals surface area contributed by atoms with Gasteiger partial charge in [-0.15, -0.1) is 0 Å². The van der Waals surface area contributed by atoms with E-state index in [9.17, 15) is 8.78 Å². The largest absolute Gasteiger partial charge is 0.454 e. The monoisotopic (exact) mass is 293 g/mol. The lowest BCUT2D eigenvalue weighted by Crippen LogP contribution is -2.03. The van der Waals surface area contributed by atoms with Gasteiger partial charge in [0.2, 0.25) is 6.79 Å². The fourth-order valence-electron chi connectivity index (χ4n) is 2.08. The average Bonchev–Trinajstić information content (AvgIpc) is 2.95. The lowest BCUT2D eigenvalue weighted by molar-refractivity contribution is -0.0498. The van der Waals surface area contributed by atoms with Crippen molar-refractivity contribution in [3.8, 4) is 17.2 Å². The summed E-state index contributed by atoms with van der Waals surface area (Å²) in [6, 6.07) is 12.0. The molecule has 1 aliphatic rings. The summed E-state index contributed by atoms with van der Waals surface area (Å²) in [5.74, 6) is 1.60. The van der Waals surface area contributed by atoms with E-state index in [0.717, 1.165) is 22.7 Å². The molecule has 0 bridgehead atoms. The maximum absolute atomic E-state index is 12.1. The average molecular weight is 293 g/mol. The van der Waals surface area contributed by atoms with E-state index < -0.39 is 6.61 Å². The molecule has 0 aromatic heterocycles. The van der Waals surface area contributed by atoms with Gasteiger partial charge in [-0.2, -0.15) is 8.78 Å². The Bertz CT molecular complexity index is 617. The molecule has 21 heavy (non-hydrogen) atoms. The van der Waals surface area contributed by atoms with E-state index in [1.165, 1.54) is 12.1 Å². The highest BCUT2D eigenvalue weighted by Crippen LogP contribution is 2.35. The second-order valence-corrected chi connectivity index (χ2v) is 4.41. The summed E-state index contributed by atoms with van der Waals surface area (Å²) < 4.78 is 39.1. The molecule has 2 aromatic carbocycles. The first-order chi connectivity index (χ1) is 10.2. The van der Waals surface area contributed by atoms with Crippen molar-refractivity contribution in [2.45, 2.75) is 13.2 Å². The van der Waals surface area contributed by atoms with Crippen molar-refractivity contribution in [3.63, 3.8) is 0 Å². The minimum Gasteiger partial charge on any atom is -0.454 e. The summed E-state index contributed by atoms with van der Waals surface area (Å²) >= 11 is 0. The second kappa shape index (κ2) is 5.87. The van der Waals surface area contributed by atoms with Crippen LogP contribution in [-0.4, -0.2) is 13.4 Å². The molecule has 1 heterocycles. The summed E-state index contributed by atoms with van der Waals surface area (Å²) in [7, 11) is 0. The number of halogens is 2. The fourth-order valence-corrected chi connectivity index (χ4v) is 2.08. The number of hydrogen-bond acceptors (Lipinski definition) is 4. The van der Waals surface area contributed by atoms with Gasteiger partial charge in [0.25, 0.3) is 0 Å². The van der Waals surface area contributed by atoms with Crippen LogP contribution in [0.1, 0.15) is 5.56 Å². The lowest BCUT2D eigenvalue weighted by Gasteiger charge is -2.10. The van der Waals surface area contributed by atoms with Gasteiger partial charge < -0.3 is 19.5 Å². The zero-order valence-corrected chi connectivity index (χ0v) is 11.0. The first kappa shape index (κ1) is 13.5. The summed E-state index contributed by atoms with van der Waals surface area (Å²) in [4.78, 5) is 0. The third kappa shape index (κ3) is 3.16. The number of anilines is 1. The molecule has 4 nitrogen and oxygen atoms in total. The van der Waals surface area contributed by atoms with Crippen LogP contribution in [0.25, 0.3) is 0 Å². The molecular formula is C15H13F2NO3. The molecular weight excluding hydrogens is 280 g/mol. The van der Waals surface area contributed by atoms with Gasteiger partial charge in [-0.05, 0) is 30.3 Å². The standard InChI is InChI=1S/C15H13F2NO3/c16-15(17)21-12-6-4-11(5-7-12)18-8-10-2-1-3-13-14(10)20-9-19-13/h1-7,15,18H,8-9H2. The molecule has 2 aromatic rings. The van der Waals surface area contributed by atoms with E-state index in [2.05, 4.69) is 10.1 Å². The van der Waals surface area contributed by atoms with E-state index in [-0.39, 0.29) is 12.5 Å². The summed E-state index contributed by atoms with van der Waals surface area (Å²) in [5, 5.41) is 3.19. The van der Waals surface area contributed by atoms with Crippen molar-refractivity contribution in [1.82, 2.24) is 0 Å². The molecule has 0 saturated heterocycles. The SMILES string of the molecule is FC(F)Oc1ccc(NCc2cccc3c2OCO3)cc1. The molecule has 6 heteroatoms. The number of nitrogens with one attached hydrogen (secondary N) is 1. The van der Waals surface area contributed by atoms with E-state index in [1.807, 2.05) is 18.2 Å². The van der Waals surface area contributed by atoms with Crippen LogP contribution in [0.4, 0.5) is 14.5 Å². The third-order valence-corrected chi connectivity index (χ3v) is 3.04. The fraction of sp³-hybridized carbons (Fsp3) is 0.200. The molecule has 0 unspecified atom stereocenters. The number of benzene rings is 2. The zero-order valence-electron chi connectivity index (χ0n) is 11.0. The second-order valence-electron chi connectivity index (χ2n) is 4.41. The van der Waals surface area contributed by atoms with Crippen LogP contribution < -0.4 is 19.5 Å². The molecule has 0 amide bonds. The van der Waals surface area contributed by atoms with E-state index in [4.69, 9.17) is 9.47 Å². The molecule has 0 atom stereocenters. The normalized spacial score (nSPS) is 12.5. The molecule has 0 spiro atoms. The number of ether oxygens (including phenoxy) is 3. The Morgan fingerprint density at radius 1 is 1.10 bits per heavy atom. The van der Waals surface area contributed by atoms with Crippen molar-refractivity contribution >= 4 is 5.69 Å². The quantitative estimate of drug-likeness (QED) is 0.914. The van der Waals surface area contributed by atoms with Crippen molar-refractivity contribution in [2.75, 3.05) is 12.1 Å². The maximum atomic E-state index is 12.1. The van der Waals surface area contributed by atoms with Crippen LogP contribution in [0.3, 0.4) is 0 Å². The molecule has 0 radical (unpaired) electrons. The number of alkyl halides is 2. The van der Waals surface area contributed by atoms with Crippen molar-refractivity contribution in [3.05, 3.63) is 48.0 Å². The molecule has 110 valence electrons. The van der Waals surface area contributed by atoms with Gasteiger partial charge in [-0.1, -0.05) is 12.1 Å². The van der Waals surface area contributed by atoms with Crippen molar-refractivity contribution in [1.29, 1.82) is 0 Å². The number of fused-ring (bicyclic) bond motifs is 1. The minimum absolute atomic E-state index is 0.132. The topological polar surface area (TPSA) is 39.7 Å². The number of hydrogen-bond donors (Lipinski definition) is 1. The van der Waals surface area contributed by atoms with Gasteiger partial charge >= 0.3 is 6.61 Å². The van der Waals surface area contributed by atoms with E-state index in [0.29, 0.717) is 6.54 Å². The zero-order chi connectivity index (χ0) is 14.7. The highest BCUT2D eigenvalue weighted by Gasteiger charge is 2.16. The molecule has 1 N–H and O–H groups in total. The Balaban J connectivity index is 1.64. The van der Waals surface area contributed by atoms with Gasteiger partial charge in [0.05, 0.1) is 0 Å². The highest BCUT2D eigenvalue weighted by molar-refractivity contribution is 5.51. The number of para-hydroxylation sites is 1. The Morgan fingerprint density at radius 2 is 1.90 bits per heavy atom. The van der Waals surface area contributed by atoms with Crippen molar-refractivity contribution in [2.24, 2.45) is 0 Å². The van der Waals surface area contributed by atoms with Crippen LogP contribution in [0.2, 0.25) is 0 Å². The first-order valence-corrected chi connectivity index (χ1v) is 6.38. The van der Waals surface area contributed by atoms with Gasteiger partial charge in [0, 0.05) is 17.8 Å². The minimum atomic E-state index is -2.81. The van der Waals surface area contributed by atoms with Crippen LogP contribution >= 0.6 is 0 Å². The number of rotatable bonds is 5. The lowest BCUT2D eigenvalue weighted by atomic mass is 10.2. The molecule has 0 aliphatic carbocycles. The van der Waals surface area contributed by atoms with E-state index >= 15 is 0 Å². The van der Waals surface area contributed by atoms with Crippen LogP contribution in [-0.2, 0) is 6.54 Å². The molecule has 1 aliphatic heterocycles. The van der Waals surface area contributed by atoms with E-state index in [1.54, 1.807) is 12.1 Å². The van der Waals surface area contributed by atoms with Gasteiger partial charge in [0.1, 0.15) is 5.75 Å². The predicted octanol–water partition coefficient (Wildman–Crippen LogP) is 3.63. The Morgan fingerprint density at radius 3 is 2.67 bits per heavy atom. The van der Waals surface area contributed by atoms with Crippen LogP contribution in [0.15, 0.2) is 42.5 Å². The van der Waals surface area contributed by atoms with Gasteiger partial charge in [-0.3, -0.25) is 0 Å². The summed E-state index contributed by atoms with van der Waals surface area (Å²) in [6.07, 6.45) is 0. The Kier molecular flexibility index (Phi) is 3.77. The van der Waals surface area contributed by atoms with Crippen LogP contribution in [0, 0.1) is 0 Å². The Labute approximate surface area is 120 Å². The smallest absolute Gasteiger partial charge is 0.387 e. The van der Waals surface area contributed by atoms with Crippen LogP contribution in [0.5, 0.6) is 17.2 Å². The summed E-state index contributed by atoms with van der Waals surface area (Å²) in [6.45, 7) is -2.04. The highest BCUT2D eigenvalue weighted by atomic mass is 19.3. The van der Waals surface area contributed by atoms with Gasteiger partial charge in [0.15, 0.2) is 11.5 Å².